The van der Waals surface area contributed by atoms with Gasteiger partial charge in [0.1, 0.15) is 0 Å². The zero-order chi connectivity index (χ0) is 17.3. The predicted molar refractivity (Wildman–Crippen MR) is 102 cm³/mol. The van der Waals surface area contributed by atoms with Crippen molar-refractivity contribution in [3.05, 3.63) is 52.1 Å². The van der Waals surface area contributed by atoms with Crippen molar-refractivity contribution in [3.8, 4) is 0 Å². The van der Waals surface area contributed by atoms with E-state index >= 15 is 0 Å². The van der Waals surface area contributed by atoms with Crippen molar-refractivity contribution >= 4 is 6.08 Å². The van der Waals surface area contributed by atoms with Gasteiger partial charge in [0.15, 0.2) is 0 Å². The molecule has 22 heavy (non-hydrogen) atoms. The molecule has 1 aromatic carbocycles. The van der Waals surface area contributed by atoms with Crippen molar-refractivity contribution in [1.82, 2.24) is 0 Å². The molecule has 0 aliphatic carbocycles. The van der Waals surface area contributed by atoms with Crippen LogP contribution in [-0.2, 0) is 10.8 Å². The molecule has 0 nitrogen and oxygen atoms in total. The minimum Gasteiger partial charge on any atom is -0.0956 e. The van der Waals surface area contributed by atoms with Crippen LogP contribution in [0.4, 0.5) is 0 Å². The largest absolute Gasteiger partial charge is 0.0956 e. The Bertz CT molecular complexity index is 548. The van der Waals surface area contributed by atoms with Gasteiger partial charge in [-0.05, 0) is 58.9 Å². The van der Waals surface area contributed by atoms with E-state index in [0.29, 0.717) is 0 Å². The molecule has 0 amide bonds. The van der Waals surface area contributed by atoms with Crippen LogP contribution in [0.15, 0.2) is 29.9 Å². The fraction of sp³-hybridized carbons (Fsp3) is 0.545. The van der Waals surface area contributed by atoms with Crippen molar-refractivity contribution in [1.29, 1.82) is 0 Å². The number of rotatable bonds is 3. The van der Waals surface area contributed by atoms with Crippen molar-refractivity contribution in [2.45, 2.75) is 79.6 Å². The second-order valence-corrected chi connectivity index (χ2v) is 8.53. The van der Waals surface area contributed by atoms with E-state index in [4.69, 9.17) is 0 Å². The van der Waals surface area contributed by atoms with Gasteiger partial charge in [0.2, 0.25) is 0 Å². The van der Waals surface area contributed by atoms with Crippen LogP contribution in [0.25, 0.3) is 6.08 Å². The Balaban J connectivity index is 3.59. The standard InChI is InChI=1S/C22H34/c1-11-15(2)16(3)12-18-13-19(21(5,6)7)17(4)20(14-18)22(8,9)10/h12-14H,2,11H2,1,3-10H3/b16-12+. The maximum absolute atomic E-state index is 4.16. The Kier molecular flexibility index (Phi) is 5.49. The van der Waals surface area contributed by atoms with Gasteiger partial charge in [-0.15, -0.1) is 0 Å². The molecular weight excluding hydrogens is 264 g/mol. The molecule has 0 fully saturated rings. The summed E-state index contributed by atoms with van der Waals surface area (Å²) in [5.41, 5.74) is 8.44. The Morgan fingerprint density at radius 2 is 1.41 bits per heavy atom. The lowest BCUT2D eigenvalue weighted by molar-refractivity contribution is 0.561. The molecule has 0 aliphatic rings. The summed E-state index contributed by atoms with van der Waals surface area (Å²) in [5.74, 6) is 0. The molecule has 0 aromatic heterocycles. The molecule has 122 valence electrons. The van der Waals surface area contributed by atoms with Crippen LogP contribution in [0.5, 0.6) is 0 Å². The second-order valence-electron chi connectivity index (χ2n) is 8.53. The number of allylic oxidation sites excluding steroid dienone is 2. The lowest BCUT2D eigenvalue weighted by Gasteiger charge is -2.29. The maximum Gasteiger partial charge on any atom is -0.0129 e. The van der Waals surface area contributed by atoms with E-state index in [2.05, 4.69) is 87.1 Å². The topological polar surface area (TPSA) is 0 Å². The normalized spacial score (nSPS) is 13.4. The Hall–Kier alpha value is -1.30. The van der Waals surface area contributed by atoms with Crippen LogP contribution in [-0.4, -0.2) is 0 Å². The molecule has 0 saturated heterocycles. The molecule has 0 aliphatic heterocycles. The van der Waals surface area contributed by atoms with E-state index < -0.39 is 0 Å². The molecule has 0 unspecified atom stereocenters. The highest BCUT2D eigenvalue weighted by atomic mass is 14.3. The molecule has 0 radical (unpaired) electrons. The van der Waals surface area contributed by atoms with E-state index in [1.54, 1.807) is 0 Å². The SMILES string of the molecule is C=C(CC)/C(C)=C/c1cc(C(C)(C)C)c(C)c(C(C)(C)C)c1. The molecular formula is C22H34. The fourth-order valence-corrected chi connectivity index (χ4v) is 3.01. The zero-order valence-corrected chi connectivity index (χ0v) is 16.1. The molecule has 0 atom stereocenters. The molecule has 1 rings (SSSR count). The summed E-state index contributed by atoms with van der Waals surface area (Å²) in [7, 11) is 0. The zero-order valence-electron chi connectivity index (χ0n) is 16.1. The maximum atomic E-state index is 4.16. The minimum absolute atomic E-state index is 0.156. The first kappa shape index (κ1) is 18.7. The third-order valence-electron chi connectivity index (χ3n) is 4.41. The van der Waals surface area contributed by atoms with Crippen molar-refractivity contribution < 1.29 is 0 Å². The Morgan fingerprint density at radius 1 is 1.00 bits per heavy atom. The number of hydrogen-bond acceptors (Lipinski definition) is 0. The van der Waals surface area contributed by atoms with Gasteiger partial charge < -0.3 is 0 Å². The van der Waals surface area contributed by atoms with E-state index in [0.717, 1.165) is 6.42 Å². The van der Waals surface area contributed by atoms with Crippen LogP contribution in [0.2, 0.25) is 0 Å². The van der Waals surface area contributed by atoms with Crippen LogP contribution < -0.4 is 0 Å². The van der Waals surface area contributed by atoms with Gasteiger partial charge in [-0.2, -0.15) is 0 Å². The highest BCUT2D eigenvalue weighted by molar-refractivity contribution is 5.61. The summed E-state index contributed by atoms with van der Waals surface area (Å²) >= 11 is 0. The first-order chi connectivity index (χ1) is 9.87. The average molecular weight is 299 g/mol. The molecule has 0 heterocycles. The third-order valence-corrected chi connectivity index (χ3v) is 4.41. The Labute approximate surface area is 138 Å². The van der Waals surface area contributed by atoms with Gasteiger partial charge in [0.25, 0.3) is 0 Å². The van der Waals surface area contributed by atoms with E-state index in [1.165, 1.54) is 33.4 Å². The van der Waals surface area contributed by atoms with Crippen molar-refractivity contribution in [2.24, 2.45) is 0 Å². The van der Waals surface area contributed by atoms with Gasteiger partial charge in [0.05, 0.1) is 0 Å². The monoisotopic (exact) mass is 298 g/mol. The molecule has 0 bridgehead atoms. The first-order valence-electron chi connectivity index (χ1n) is 8.40. The van der Waals surface area contributed by atoms with Crippen LogP contribution in [0, 0.1) is 6.92 Å². The fourth-order valence-electron chi connectivity index (χ4n) is 3.01. The summed E-state index contributed by atoms with van der Waals surface area (Å²) < 4.78 is 0. The Morgan fingerprint density at radius 3 is 1.73 bits per heavy atom. The molecule has 1 aromatic rings. The average Bonchev–Trinajstić information content (AvgIpc) is 2.36. The van der Waals surface area contributed by atoms with Crippen LogP contribution >= 0.6 is 0 Å². The first-order valence-corrected chi connectivity index (χ1v) is 8.40. The molecule has 0 heteroatoms. The lowest BCUT2D eigenvalue weighted by atomic mass is 9.75. The van der Waals surface area contributed by atoms with E-state index in [-0.39, 0.29) is 10.8 Å². The number of benzene rings is 1. The van der Waals surface area contributed by atoms with Gasteiger partial charge >= 0.3 is 0 Å². The predicted octanol–water partition coefficient (Wildman–Crippen LogP) is 6.96. The molecule has 0 N–H and O–H groups in total. The third kappa shape index (κ3) is 4.35. The minimum atomic E-state index is 0.156. The van der Waals surface area contributed by atoms with Crippen molar-refractivity contribution in [3.63, 3.8) is 0 Å². The quantitative estimate of drug-likeness (QED) is 0.529. The summed E-state index contributed by atoms with van der Waals surface area (Å²) in [6.45, 7) is 24.6. The smallest absolute Gasteiger partial charge is 0.0129 e. The van der Waals surface area contributed by atoms with E-state index in [1.807, 2.05) is 0 Å². The summed E-state index contributed by atoms with van der Waals surface area (Å²) in [6.07, 6.45) is 3.29. The number of hydrogen-bond donors (Lipinski definition) is 0. The van der Waals surface area contributed by atoms with Gasteiger partial charge in [0, 0.05) is 0 Å². The summed E-state index contributed by atoms with van der Waals surface area (Å²) in [4.78, 5) is 0. The summed E-state index contributed by atoms with van der Waals surface area (Å²) in [6, 6.07) is 4.72. The van der Waals surface area contributed by atoms with Crippen molar-refractivity contribution in [2.75, 3.05) is 0 Å². The van der Waals surface area contributed by atoms with Crippen LogP contribution in [0.1, 0.15) is 84.1 Å². The van der Waals surface area contributed by atoms with Gasteiger partial charge in [-0.1, -0.05) is 78.8 Å². The molecule has 0 saturated carbocycles. The van der Waals surface area contributed by atoms with Crippen LogP contribution in [0.3, 0.4) is 0 Å². The highest BCUT2D eigenvalue weighted by Gasteiger charge is 2.24. The van der Waals surface area contributed by atoms with Gasteiger partial charge in [-0.25, -0.2) is 0 Å². The molecule has 0 spiro atoms. The van der Waals surface area contributed by atoms with E-state index in [9.17, 15) is 0 Å². The van der Waals surface area contributed by atoms with Gasteiger partial charge in [-0.3, -0.25) is 0 Å². The summed E-state index contributed by atoms with van der Waals surface area (Å²) in [5, 5.41) is 0. The second kappa shape index (κ2) is 6.44. The highest BCUT2D eigenvalue weighted by Crippen LogP contribution is 2.35. The lowest BCUT2D eigenvalue weighted by Crippen LogP contribution is -2.20.